The van der Waals surface area contributed by atoms with Crippen LogP contribution < -0.4 is 9.80 Å². The molecule has 2 aliphatic heterocycles. The standard InChI is InChI=1S/C28H38F2N4/c1-8-20-14-15-32(5)27(19(2)21-10-9-11-21)23(20)17-31(4)18-26-33(6)24-13-12-22(28(3,29)30)16-25(24)34(26)7/h8,12-17,21,26-27H,2,9-11,18H2,1,3-7H3/b20-8?,23-17+. The molecule has 1 saturated carbocycles. The van der Waals surface area contributed by atoms with Crippen molar-refractivity contribution in [3.05, 3.63) is 71.6 Å². The number of fused-ring (bicyclic) bond motifs is 1. The summed E-state index contributed by atoms with van der Waals surface area (Å²) in [7, 11) is 8.24. The zero-order chi connectivity index (χ0) is 24.8. The van der Waals surface area contributed by atoms with E-state index in [1.54, 1.807) is 6.07 Å². The molecule has 0 amide bonds. The highest BCUT2D eigenvalue weighted by Crippen LogP contribution is 2.42. The van der Waals surface area contributed by atoms with E-state index in [0.29, 0.717) is 5.92 Å². The van der Waals surface area contributed by atoms with Crippen molar-refractivity contribution < 1.29 is 8.78 Å². The van der Waals surface area contributed by atoms with Crippen molar-refractivity contribution in [3.63, 3.8) is 0 Å². The van der Waals surface area contributed by atoms with Crippen molar-refractivity contribution in [1.82, 2.24) is 9.80 Å². The summed E-state index contributed by atoms with van der Waals surface area (Å²) < 4.78 is 27.9. The van der Waals surface area contributed by atoms with Gasteiger partial charge in [-0.05, 0) is 55.0 Å². The Morgan fingerprint density at radius 2 is 1.85 bits per heavy atom. The summed E-state index contributed by atoms with van der Waals surface area (Å²) >= 11 is 0. The predicted octanol–water partition coefficient (Wildman–Crippen LogP) is 5.96. The van der Waals surface area contributed by atoms with Crippen molar-refractivity contribution in [1.29, 1.82) is 0 Å². The normalized spacial score (nSPS) is 25.2. The van der Waals surface area contributed by atoms with Crippen LogP contribution in [0.25, 0.3) is 0 Å². The van der Waals surface area contributed by atoms with Crippen LogP contribution in [0.5, 0.6) is 0 Å². The highest BCUT2D eigenvalue weighted by Gasteiger charge is 2.36. The summed E-state index contributed by atoms with van der Waals surface area (Å²) in [6.45, 7) is 8.29. The van der Waals surface area contributed by atoms with E-state index in [1.165, 1.54) is 42.0 Å². The number of anilines is 2. The first-order valence-electron chi connectivity index (χ1n) is 12.2. The molecule has 0 saturated heterocycles. The first kappa shape index (κ1) is 24.4. The molecule has 2 unspecified atom stereocenters. The van der Waals surface area contributed by atoms with Gasteiger partial charge >= 0.3 is 0 Å². The molecule has 0 N–H and O–H groups in total. The second-order valence-electron chi connectivity index (χ2n) is 10.1. The molecule has 0 radical (unpaired) electrons. The molecule has 1 aliphatic carbocycles. The van der Waals surface area contributed by atoms with E-state index in [2.05, 4.69) is 71.7 Å². The van der Waals surface area contributed by atoms with Gasteiger partial charge in [0, 0.05) is 58.7 Å². The number of allylic oxidation sites excluding steroid dienone is 2. The number of hydrogen-bond donors (Lipinski definition) is 0. The van der Waals surface area contributed by atoms with Gasteiger partial charge in [-0.1, -0.05) is 25.1 Å². The Hall–Kier alpha value is -2.76. The van der Waals surface area contributed by atoms with Crippen LogP contribution in [0, 0.1) is 5.92 Å². The van der Waals surface area contributed by atoms with E-state index >= 15 is 0 Å². The maximum Gasteiger partial charge on any atom is 0.270 e. The van der Waals surface area contributed by atoms with Gasteiger partial charge in [0.05, 0.1) is 24.0 Å². The second kappa shape index (κ2) is 9.12. The fourth-order valence-electron chi connectivity index (χ4n) is 5.38. The van der Waals surface area contributed by atoms with Crippen molar-refractivity contribution in [2.24, 2.45) is 5.92 Å². The summed E-state index contributed by atoms with van der Waals surface area (Å²) in [5.41, 5.74) is 5.66. The molecule has 184 valence electrons. The Kier molecular flexibility index (Phi) is 6.54. The van der Waals surface area contributed by atoms with Crippen LogP contribution >= 0.6 is 0 Å². The molecule has 1 aromatic carbocycles. The van der Waals surface area contributed by atoms with Crippen LogP contribution in [-0.2, 0) is 5.92 Å². The minimum absolute atomic E-state index is 0.0387. The number of hydrogen-bond acceptors (Lipinski definition) is 4. The number of nitrogens with zero attached hydrogens (tertiary/aromatic N) is 4. The highest BCUT2D eigenvalue weighted by atomic mass is 19.3. The Labute approximate surface area is 203 Å². The fourth-order valence-corrected chi connectivity index (χ4v) is 5.38. The van der Waals surface area contributed by atoms with E-state index in [9.17, 15) is 8.78 Å². The molecule has 3 aliphatic rings. The third-order valence-electron chi connectivity index (χ3n) is 7.76. The first-order chi connectivity index (χ1) is 16.0. The van der Waals surface area contributed by atoms with Gasteiger partial charge in [-0.15, -0.1) is 0 Å². The quantitative estimate of drug-likeness (QED) is 0.478. The molecule has 0 spiro atoms. The maximum absolute atomic E-state index is 13.9. The summed E-state index contributed by atoms with van der Waals surface area (Å²) in [5, 5.41) is 0. The third kappa shape index (κ3) is 4.35. The molecule has 2 atom stereocenters. The van der Waals surface area contributed by atoms with Crippen LogP contribution in [0.1, 0.15) is 38.7 Å². The smallest absolute Gasteiger partial charge is 0.270 e. The summed E-state index contributed by atoms with van der Waals surface area (Å²) in [4.78, 5) is 8.78. The van der Waals surface area contributed by atoms with Crippen molar-refractivity contribution in [2.45, 2.75) is 51.2 Å². The van der Waals surface area contributed by atoms with E-state index in [4.69, 9.17) is 0 Å². The van der Waals surface area contributed by atoms with E-state index < -0.39 is 5.92 Å². The lowest BCUT2D eigenvalue weighted by atomic mass is 9.74. The van der Waals surface area contributed by atoms with Crippen LogP contribution in [0.15, 0.2) is 66.0 Å². The predicted molar refractivity (Wildman–Crippen MR) is 138 cm³/mol. The molecular formula is C28H38F2N4. The average Bonchev–Trinajstić information content (AvgIpc) is 2.96. The first-order valence-corrected chi connectivity index (χ1v) is 12.2. The Morgan fingerprint density at radius 3 is 2.44 bits per heavy atom. The largest absolute Gasteiger partial charge is 0.376 e. The van der Waals surface area contributed by atoms with Gasteiger partial charge in [0.25, 0.3) is 5.92 Å². The van der Waals surface area contributed by atoms with Crippen LogP contribution in [0.2, 0.25) is 0 Å². The van der Waals surface area contributed by atoms with Gasteiger partial charge in [-0.3, -0.25) is 0 Å². The lowest BCUT2D eigenvalue weighted by molar-refractivity contribution is 0.0175. The minimum Gasteiger partial charge on any atom is -0.376 e. The molecule has 1 fully saturated rings. The zero-order valence-electron chi connectivity index (χ0n) is 21.4. The number of halogens is 2. The summed E-state index contributed by atoms with van der Waals surface area (Å²) in [6, 6.07) is 5.14. The minimum atomic E-state index is -2.85. The number of benzene rings is 1. The highest BCUT2D eigenvalue weighted by molar-refractivity contribution is 5.78. The average molecular weight is 469 g/mol. The molecule has 2 heterocycles. The Balaban J connectivity index is 1.58. The molecule has 6 heteroatoms. The molecule has 1 aromatic rings. The van der Waals surface area contributed by atoms with Crippen molar-refractivity contribution >= 4 is 11.4 Å². The Morgan fingerprint density at radius 1 is 1.18 bits per heavy atom. The van der Waals surface area contributed by atoms with Gasteiger partial charge in [0.15, 0.2) is 0 Å². The monoisotopic (exact) mass is 468 g/mol. The van der Waals surface area contributed by atoms with Crippen LogP contribution in [0.4, 0.5) is 20.2 Å². The second-order valence-corrected chi connectivity index (χ2v) is 10.1. The fraction of sp³-hybridized carbons (Fsp3) is 0.500. The topological polar surface area (TPSA) is 13.0 Å². The van der Waals surface area contributed by atoms with Crippen molar-refractivity contribution in [2.75, 3.05) is 44.5 Å². The lowest BCUT2D eigenvalue weighted by Crippen LogP contribution is -2.46. The maximum atomic E-state index is 13.9. The molecule has 0 aromatic heterocycles. The number of likely N-dealkylation sites (N-methyl/N-ethyl adjacent to an activating group) is 4. The molecule has 34 heavy (non-hydrogen) atoms. The molecular weight excluding hydrogens is 430 g/mol. The van der Waals surface area contributed by atoms with Gasteiger partial charge < -0.3 is 19.6 Å². The van der Waals surface area contributed by atoms with E-state index in [1.807, 2.05) is 20.2 Å². The van der Waals surface area contributed by atoms with E-state index in [-0.39, 0.29) is 17.8 Å². The number of alkyl halides is 2. The van der Waals surface area contributed by atoms with Crippen molar-refractivity contribution in [3.8, 4) is 0 Å². The van der Waals surface area contributed by atoms with Crippen LogP contribution in [-0.4, -0.2) is 56.7 Å². The summed E-state index contributed by atoms with van der Waals surface area (Å²) in [5.74, 6) is -2.26. The molecule has 4 nitrogen and oxygen atoms in total. The van der Waals surface area contributed by atoms with E-state index in [0.717, 1.165) is 24.8 Å². The van der Waals surface area contributed by atoms with Gasteiger partial charge in [-0.2, -0.15) is 0 Å². The zero-order valence-corrected chi connectivity index (χ0v) is 21.4. The Bertz CT molecular complexity index is 1030. The van der Waals surface area contributed by atoms with Gasteiger partial charge in [0.2, 0.25) is 0 Å². The van der Waals surface area contributed by atoms with Gasteiger partial charge in [-0.25, -0.2) is 8.78 Å². The summed E-state index contributed by atoms with van der Waals surface area (Å²) in [6.07, 6.45) is 12.5. The molecule has 0 bridgehead atoms. The van der Waals surface area contributed by atoms with Gasteiger partial charge in [0.1, 0.15) is 6.17 Å². The number of rotatable bonds is 6. The van der Waals surface area contributed by atoms with Crippen LogP contribution in [0.3, 0.4) is 0 Å². The third-order valence-corrected chi connectivity index (χ3v) is 7.76. The SMILES string of the molecule is C=C(C1CCC1)C1/C(=C/N(C)CC2N(C)c3ccc(C(C)(F)F)cc3N2C)C(=CC)C=CN1C. The molecule has 4 rings (SSSR count). The lowest BCUT2D eigenvalue weighted by Gasteiger charge is -2.41.